The lowest BCUT2D eigenvalue weighted by Crippen LogP contribution is -2.61. The summed E-state index contributed by atoms with van der Waals surface area (Å²) in [6.45, 7) is 1.58. The Hall–Kier alpha value is -2.80. The van der Waals surface area contributed by atoms with Crippen LogP contribution in [0.2, 0.25) is 0 Å². The Morgan fingerprint density at radius 2 is 1.87 bits per heavy atom. The molecular formula is C21H25F3N4O3. The smallest absolute Gasteiger partial charge is 0.381 e. The first-order valence-corrected chi connectivity index (χ1v) is 10.1. The van der Waals surface area contributed by atoms with Gasteiger partial charge in [-0.05, 0) is 31.0 Å². The number of hydrogen-bond acceptors (Lipinski definition) is 5. The zero-order valence-corrected chi connectivity index (χ0v) is 17.5. The fourth-order valence-corrected chi connectivity index (χ4v) is 4.03. The monoisotopic (exact) mass is 438 g/mol. The molecule has 168 valence electrons. The van der Waals surface area contributed by atoms with E-state index >= 15 is 0 Å². The van der Waals surface area contributed by atoms with E-state index in [1.807, 2.05) is 0 Å². The molecule has 31 heavy (non-hydrogen) atoms. The normalized spacial score (nSPS) is 20.3. The van der Waals surface area contributed by atoms with Crippen LogP contribution in [-0.2, 0) is 20.5 Å². The summed E-state index contributed by atoms with van der Waals surface area (Å²) in [6, 6.07) is 4.29. The molecule has 1 atom stereocenters. The number of anilines is 1. The molecule has 10 heteroatoms. The number of hydrogen-bond donors (Lipinski definition) is 0. The zero-order valence-electron chi connectivity index (χ0n) is 17.5. The molecule has 0 radical (unpaired) electrons. The van der Waals surface area contributed by atoms with Gasteiger partial charge in [-0.25, -0.2) is 0 Å². The topological polar surface area (TPSA) is 76.9 Å². The van der Waals surface area contributed by atoms with Crippen molar-refractivity contribution in [3.05, 3.63) is 29.3 Å². The number of nitrogens with zero attached hydrogens (tertiary/aromatic N) is 4. The Bertz CT molecular complexity index is 876. The van der Waals surface area contributed by atoms with E-state index in [0.717, 1.165) is 12.1 Å². The van der Waals surface area contributed by atoms with Gasteiger partial charge in [0.1, 0.15) is 6.04 Å². The van der Waals surface area contributed by atoms with Crippen molar-refractivity contribution in [3.8, 4) is 6.07 Å². The first kappa shape index (κ1) is 22.9. The lowest BCUT2D eigenvalue weighted by Gasteiger charge is -2.44. The average molecular weight is 438 g/mol. The van der Waals surface area contributed by atoms with Crippen molar-refractivity contribution in [1.82, 2.24) is 9.80 Å². The van der Waals surface area contributed by atoms with Crippen molar-refractivity contribution in [2.75, 3.05) is 51.8 Å². The molecule has 1 aromatic rings. The predicted molar refractivity (Wildman–Crippen MR) is 106 cm³/mol. The average Bonchev–Trinajstić information content (AvgIpc) is 2.77. The summed E-state index contributed by atoms with van der Waals surface area (Å²) in [7, 11) is 3.17. The highest BCUT2D eigenvalue weighted by atomic mass is 19.4. The molecule has 2 saturated heterocycles. The molecule has 0 aromatic heterocycles. The van der Waals surface area contributed by atoms with Gasteiger partial charge in [0.25, 0.3) is 0 Å². The molecule has 2 amide bonds. The van der Waals surface area contributed by atoms with Crippen molar-refractivity contribution in [1.29, 1.82) is 5.26 Å². The molecule has 7 nitrogen and oxygen atoms in total. The van der Waals surface area contributed by atoms with Crippen LogP contribution in [0.1, 0.15) is 24.0 Å². The second kappa shape index (κ2) is 9.14. The predicted octanol–water partition coefficient (Wildman–Crippen LogP) is 2.11. The molecular weight excluding hydrogens is 413 g/mol. The third-order valence-electron chi connectivity index (χ3n) is 5.75. The lowest BCUT2D eigenvalue weighted by molar-refractivity contribution is -0.149. The van der Waals surface area contributed by atoms with Crippen LogP contribution < -0.4 is 4.90 Å². The van der Waals surface area contributed by atoms with E-state index in [2.05, 4.69) is 0 Å². The summed E-state index contributed by atoms with van der Waals surface area (Å²) in [5.74, 6) is -0.613. The van der Waals surface area contributed by atoms with Crippen LogP contribution in [0.5, 0.6) is 0 Å². The van der Waals surface area contributed by atoms with Crippen LogP contribution >= 0.6 is 0 Å². The van der Waals surface area contributed by atoms with Gasteiger partial charge in [-0.15, -0.1) is 0 Å². The molecule has 2 aliphatic rings. The fourth-order valence-electron chi connectivity index (χ4n) is 4.03. The van der Waals surface area contributed by atoms with Gasteiger partial charge in [0, 0.05) is 58.5 Å². The number of benzene rings is 1. The number of piperazine rings is 1. The summed E-state index contributed by atoms with van der Waals surface area (Å²) >= 11 is 0. The molecule has 2 aliphatic heterocycles. The van der Waals surface area contributed by atoms with Crippen LogP contribution in [0.4, 0.5) is 18.9 Å². The second-order valence-electron chi connectivity index (χ2n) is 7.95. The maximum absolute atomic E-state index is 13.4. The Kier molecular flexibility index (Phi) is 6.74. The number of likely N-dealkylation sites (N-methyl/N-ethyl adjacent to an activating group) is 1. The minimum Gasteiger partial charge on any atom is -0.381 e. The van der Waals surface area contributed by atoms with Gasteiger partial charge < -0.3 is 19.4 Å². The van der Waals surface area contributed by atoms with Gasteiger partial charge in [0.2, 0.25) is 11.8 Å². The largest absolute Gasteiger partial charge is 0.417 e. The number of halogens is 3. The molecule has 0 N–H and O–H groups in total. The SMILES string of the molecule is CN(C)C(=O)C1CN(c2ccc(C#N)c(C(F)(F)F)c2)CCN1C(=O)C1CCOCC1. The second-order valence-corrected chi connectivity index (χ2v) is 7.95. The van der Waals surface area contributed by atoms with Crippen molar-refractivity contribution in [3.63, 3.8) is 0 Å². The summed E-state index contributed by atoms with van der Waals surface area (Å²) in [5.41, 5.74) is -1.20. The Labute approximate surface area is 178 Å². The van der Waals surface area contributed by atoms with E-state index in [9.17, 15) is 22.8 Å². The van der Waals surface area contributed by atoms with Gasteiger partial charge in [0.05, 0.1) is 17.2 Å². The van der Waals surface area contributed by atoms with E-state index in [0.29, 0.717) is 26.1 Å². The number of alkyl halides is 3. The van der Waals surface area contributed by atoms with Crippen LogP contribution in [0.3, 0.4) is 0 Å². The number of amides is 2. The van der Waals surface area contributed by atoms with E-state index in [1.54, 1.807) is 30.0 Å². The van der Waals surface area contributed by atoms with Crippen LogP contribution in [0.15, 0.2) is 18.2 Å². The van der Waals surface area contributed by atoms with E-state index < -0.39 is 23.3 Å². The van der Waals surface area contributed by atoms with Crippen LogP contribution in [-0.4, -0.2) is 74.6 Å². The highest BCUT2D eigenvalue weighted by Gasteiger charge is 2.40. The molecule has 0 aliphatic carbocycles. The molecule has 0 bridgehead atoms. The highest BCUT2D eigenvalue weighted by Crippen LogP contribution is 2.35. The minimum atomic E-state index is -4.67. The molecule has 3 rings (SSSR count). The molecule has 2 heterocycles. The first-order valence-electron chi connectivity index (χ1n) is 10.1. The number of rotatable bonds is 3. The van der Waals surface area contributed by atoms with Gasteiger partial charge in [-0.2, -0.15) is 18.4 Å². The summed E-state index contributed by atoms with van der Waals surface area (Å²) in [4.78, 5) is 30.6. The lowest BCUT2D eigenvalue weighted by atomic mass is 9.96. The molecule has 0 spiro atoms. The highest BCUT2D eigenvalue weighted by molar-refractivity contribution is 5.89. The number of ether oxygens (including phenoxy) is 1. The van der Waals surface area contributed by atoms with Gasteiger partial charge >= 0.3 is 6.18 Å². The van der Waals surface area contributed by atoms with Crippen molar-refractivity contribution >= 4 is 17.5 Å². The Morgan fingerprint density at radius 3 is 2.45 bits per heavy atom. The first-order chi connectivity index (χ1) is 14.6. The third kappa shape index (κ3) is 4.93. The summed E-state index contributed by atoms with van der Waals surface area (Å²) in [5, 5.41) is 9.01. The summed E-state index contributed by atoms with van der Waals surface area (Å²) < 4.78 is 45.4. The maximum atomic E-state index is 13.4. The molecule has 1 unspecified atom stereocenters. The van der Waals surface area contributed by atoms with Crippen molar-refractivity contribution in [2.45, 2.75) is 25.1 Å². The number of carbonyl (C=O) groups is 2. The van der Waals surface area contributed by atoms with Gasteiger partial charge in [0.15, 0.2) is 0 Å². The third-order valence-corrected chi connectivity index (χ3v) is 5.75. The minimum absolute atomic E-state index is 0.0785. The van der Waals surface area contributed by atoms with Gasteiger partial charge in [-0.1, -0.05) is 0 Å². The number of carbonyl (C=O) groups excluding carboxylic acids is 2. The van der Waals surface area contributed by atoms with Gasteiger partial charge in [-0.3, -0.25) is 9.59 Å². The zero-order chi connectivity index (χ0) is 22.8. The van der Waals surface area contributed by atoms with Crippen molar-refractivity contribution in [2.24, 2.45) is 5.92 Å². The maximum Gasteiger partial charge on any atom is 0.417 e. The quantitative estimate of drug-likeness (QED) is 0.723. The standard InChI is InChI=1S/C21H25F3N4O3/c1-26(2)20(30)18-13-27(7-8-28(18)19(29)14-5-9-31-10-6-14)16-4-3-15(12-25)17(11-16)21(22,23)24/h3-4,11,14,18H,5-10,13H2,1-2H3. The Balaban J connectivity index is 1.87. The molecule has 0 saturated carbocycles. The Morgan fingerprint density at radius 1 is 1.19 bits per heavy atom. The molecule has 1 aromatic carbocycles. The van der Waals surface area contributed by atoms with Crippen LogP contribution in [0, 0.1) is 17.2 Å². The fraction of sp³-hybridized carbons (Fsp3) is 0.571. The van der Waals surface area contributed by atoms with E-state index in [4.69, 9.17) is 10.00 Å². The summed E-state index contributed by atoms with van der Waals surface area (Å²) in [6.07, 6.45) is -3.49. The number of nitriles is 1. The van der Waals surface area contributed by atoms with Crippen molar-refractivity contribution < 1.29 is 27.5 Å². The van der Waals surface area contributed by atoms with E-state index in [1.165, 1.54) is 11.0 Å². The van der Waals surface area contributed by atoms with E-state index in [-0.39, 0.29) is 43.1 Å². The van der Waals surface area contributed by atoms with Crippen LogP contribution in [0.25, 0.3) is 0 Å². The molecule has 2 fully saturated rings.